The van der Waals surface area contributed by atoms with E-state index in [1.807, 2.05) is 7.05 Å². The smallest absolute Gasteiger partial charge is 0.00518 e. The summed E-state index contributed by atoms with van der Waals surface area (Å²) < 4.78 is 0. The molecule has 0 heterocycles. The van der Waals surface area contributed by atoms with Crippen molar-refractivity contribution in [2.24, 2.45) is 23.7 Å². The Morgan fingerprint density at radius 3 is 2.50 bits per heavy atom. The molecule has 84 valence electrons. The Balaban J connectivity index is 2.02. The van der Waals surface area contributed by atoms with Gasteiger partial charge in [0, 0.05) is 0 Å². The van der Waals surface area contributed by atoms with E-state index in [2.05, 4.69) is 26.1 Å². The highest BCUT2D eigenvalue weighted by molar-refractivity contribution is 4.87. The molecule has 0 radical (unpaired) electrons. The number of hydrogen-bond acceptors (Lipinski definition) is 1. The minimum Gasteiger partial charge on any atom is -0.320 e. The molecule has 0 amide bonds. The second-order valence-electron chi connectivity index (χ2n) is 5.46. The van der Waals surface area contributed by atoms with Crippen molar-refractivity contribution in [2.75, 3.05) is 13.6 Å². The molecule has 1 saturated carbocycles. The van der Waals surface area contributed by atoms with E-state index in [0.717, 1.165) is 23.7 Å². The van der Waals surface area contributed by atoms with E-state index < -0.39 is 0 Å². The van der Waals surface area contributed by atoms with E-state index in [1.165, 1.54) is 32.2 Å². The predicted molar refractivity (Wildman–Crippen MR) is 63.4 cm³/mol. The molecular formula is C13H27N. The van der Waals surface area contributed by atoms with Crippen LogP contribution >= 0.6 is 0 Å². The molecule has 0 spiro atoms. The quantitative estimate of drug-likeness (QED) is 0.617. The topological polar surface area (TPSA) is 12.0 Å². The van der Waals surface area contributed by atoms with Crippen molar-refractivity contribution in [3.8, 4) is 0 Å². The van der Waals surface area contributed by atoms with Crippen LogP contribution in [0.25, 0.3) is 0 Å². The third-order valence-electron chi connectivity index (χ3n) is 3.88. The van der Waals surface area contributed by atoms with Crippen molar-refractivity contribution in [1.82, 2.24) is 5.32 Å². The van der Waals surface area contributed by atoms with Crippen LogP contribution in [-0.2, 0) is 0 Å². The zero-order valence-corrected chi connectivity index (χ0v) is 10.3. The Kier molecular flexibility index (Phi) is 4.94. The second-order valence-corrected chi connectivity index (χ2v) is 5.46. The summed E-state index contributed by atoms with van der Waals surface area (Å²) in [5.41, 5.74) is 0. The average molecular weight is 197 g/mol. The van der Waals surface area contributed by atoms with Crippen molar-refractivity contribution in [3.63, 3.8) is 0 Å². The van der Waals surface area contributed by atoms with Crippen molar-refractivity contribution in [2.45, 2.75) is 46.5 Å². The normalized spacial score (nSPS) is 28.1. The van der Waals surface area contributed by atoms with E-state index in [1.54, 1.807) is 0 Å². The molecule has 0 aromatic carbocycles. The van der Waals surface area contributed by atoms with Crippen LogP contribution in [0.2, 0.25) is 0 Å². The molecule has 1 nitrogen and oxygen atoms in total. The molecule has 3 unspecified atom stereocenters. The van der Waals surface area contributed by atoms with Gasteiger partial charge in [0.2, 0.25) is 0 Å². The van der Waals surface area contributed by atoms with Crippen LogP contribution < -0.4 is 5.32 Å². The van der Waals surface area contributed by atoms with Crippen molar-refractivity contribution in [1.29, 1.82) is 0 Å². The first-order valence-corrected chi connectivity index (χ1v) is 6.29. The Morgan fingerprint density at radius 1 is 1.21 bits per heavy atom. The summed E-state index contributed by atoms with van der Waals surface area (Å²) in [5, 5.41) is 3.22. The van der Waals surface area contributed by atoms with Gasteiger partial charge in [-0.1, -0.05) is 20.8 Å². The molecule has 0 aromatic rings. The molecule has 0 bridgehead atoms. The molecule has 1 aliphatic rings. The Labute approximate surface area is 89.7 Å². The fourth-order valence-corrected chi connectivity index (χ4v) is 2.24. The molecule has 1 heteroatoms. The summed E-state index contributed by atoms with van der Waals surface area (Å²) in [6.07, 6.45) is 5.81. The SMILES string of the molecule is CNCCCC1CC1CC(C)C(C)C. The number of rotatable bonds is 7. The molecule has 14 heavy (non-hydrogen) atoms. The summed E-state index contributed by atoms with van der Waals surface area (Å²) >= 11 is 0. The molecule has 1 N–H and O–H groups in total. The molecule has 3 atom stereocenters. The van der Waals surface area contributed by atoms with E-state index in [4.69, 9.17) is 0 Å². The summed E-state index contributed by atoms with van der Waals surface area (Å²) in [4.78, 5) is 0. The standard InChI is InChI=1S/C13H27N/c1-10(2)11(3)8-13-9-12(13)6-5-7-14-4/h10-14H,5-9H2,1-4H3. The maximum absolute atomic E-state index is 3.22. The highest BCUT2D eigenvalue weighted by Crippen LogP contribution is 2.46. The summed E-state index contributed by atoms with van der Waals surface area (Å²) in [5.74, 6) is 3.94. The van der Waals surface area contributed by atoms with Gasteiger partial charge in [-0.3, -0.25) is 0 Å². The van der Waals surface area contributed by atoms with Gasteiger partial charge in [0.25, 0.3) is 0 Å². The van der Waals surface area contributed by atoms with Crippen LogP contribution in [-0.4, -0.2) is 13.6 Å². The molecule has 1 aliphatic carbocycles. The lowest BCUT2D eigenvalue weighted by Gasteiger charge is -2.14. The monoisotopic (exact) mass is 197 g/mol. The highest BCUT2D eigenvalue weighted by Gasteiger charge is 2.36. The van der Waals surface area contributed by atoms with Gasteiger partial charge in [-0.25, -0.2) is 0 Å². The molecule has 1 fully saturated rings. The summed E-state index contributed by atoms with van der Waals surface area (Å²) in [6, 6.07) is 0. The fourth-order valence-electron chi connectivity index (χ4n) is 2.24. The van der Waals surface area contributed by atoms with E-state index in [9.17, 15) is 0 Å². The minimum atomic E-state index is 0.869. The summed E-state index contributed by atoms with van der Waals surface area (Å²) in [6.45, 7) is 8.31. The van der Waals surface area contributed by atoms with Gasteiger partial charge < -0.3 is 5.32 Å². The third-order valence-corrected chi connectivity index (χ3v) is 3.88. The minimum absolute atomic E-state index is 0.869. The largest absolute Gasteiger partial charge is 0.320 e. The van der Waals surface area contributed by atoms with Gasteiger partial charge in [0.15, 0.2) is 0 Å². The van der Waals surface area contributed by atoms with Gasteiger partial charge in [0.1, 0.15) is 0 Å². The molecule has 0 aromatic heterocycles. The van der Waals surface area contributed by atoms with Crippen molar-refractivity contribution in [3.05, 3.63) is 0 Å². The predicted octanol–water partition coefficient (Wildman–Crippen LogP) is 3.30. The third kappa shape index (κ3) is 4.00. The van der Waals surface area contributed by atoms with Crippen molar-refractivity contribution >= 4 is 0 Å². The van der Waals surface area contributed by atoms with Crippen LogP contribution in [0.5, 0.6) is 0 Å². The first kappa shape index (κ1) is 12.0. The fraction of sp³-hybridized carbons (Fsp3) is 1.00. The molecule has 1 rings (SSSR count). The average Bonchev–Trinajstić information content (AvgIpc) is 2.84. The van der Waals surface area contributed by atoms with Gasteiger partial charge in [-0.2, -0.15) is 0 Å². The first-order chi connectivity index (χ1) is 6.65. The zero-order valence-electron chi connectivity index (χ0n) is 10.3. The maximum atomic E-state index is 3.22. The van der Waals surface area contributed by atoms with Crippen LogP contribution in [0.4, 0.5) is 0 Å². The first-order valence-electron chi connectivity index (χ1n) is 6.29. The van der Waals surface area contributed by atoms with Crippen LogP contribution in [0.1, 0.15) is 46.5 Å². The number of hydrogen-bond donors (Lipinski definition) is 1. The van der Waals surface area contributed by atoms with E-state index in [-0.39, 0.29) is 0 Å². The molecule has 0 aliphatic heterocycles. The zero-order chi connectivity index (χ0) is 10.6. The van der Waals surface area contributed by atoms with Crippen LogP contribution in [0.3, 0.4) is 0 Å². The van der Waals surface area contributed by atoms with Gasteiger partial charge >= 0.3 is 0 Å². The second kappa shape index (κ2) is 5.75. The maximum Gasteiger partial charge on any atom is -0.00518 e. The van der Waals surface area contributed by atoms with Gasteiger partial charge in [-0.05, 0) is 62.9 Å². The lowest BCUT2D eigenvalue weighted by molar-refractivity contribution is 0.362. The van der Waals surface area contributed by atoms with Crippen LogP contribution in [0.15, 0.2) is 0 Å². The Bertz CT molecular complexity index is 153. The Hall–Kier alpha value is -0.0400. The van der Waals surface area contributed by atoms with Crippen LogP contribution in [0, 0.1) is 23.7 Å². The van der Waals surface area contributed by atoms with Crippen molar-refractivity contribution < 1.29 is 0 Å². The lowest BCUT2D eigenvalue weighted by atomic mass is 9.92. The van der Waals surface area contributed by atoms with Gasteiger partial charge in [-0.15, -0.1) is 0 Å². The van der Waals surface area contributed by atoms with Gasteiger partial charge in [0.05, 0.1) is 0 Å². The Morgan fingerprint density at radius 2 is 1.93 bits per heavy atom. The summed E-state index contributed by atoms with van der Waals surface area (Å²) in [7, 11) is 2.05. The van der Waals surface area contributed by atoms with E-state index >= 15 is 0 Å². The lowest BCUT2D eigenvalue weighted by Crippen LogP contribution is -2.08. The molecule has 0 saturated heterocycles. The van der Waals surface area contributed by atoms with E-state index in [0.29, 0.717) is 0 Å². The number of nitrogens with one attached hydrogen (secondary N) is 1. The highest BCUT2D eigenvalue weighted by atomic mass is 14.8. The molecular weight excluding hydrogens is 170 g/mol.